The molecule has 0 fully saturated rings. The fourth-order valence-electron chi connectivity index (χ4n) is 1.88. The van der Waals surface area contributed by atoms with E-state index in [2.05, 4.69) is 0 Å². The molecule has 1 aromatic carbocycles. The summed E-state index contributed by atoms with van der Waals surface area (Å²) in [5.41, 5.74) is -2.18. The molecule has 0 saturated carbocycles. The molecule has 0 radical (unpaired) electrons. The minimum Gasteiger partial charge on any atom is -0.478 e. The van der Waals surface area contributed by atoms with Gasteiger partial charge in [-0.2, -0.15) is 0 Å². The summed E-state index contributed by atoms with van der Waals surface area (Å²) in [5, 5.41) is 10.1. The molecule has 0 aliphatic rings. The van der Waals surface area contributed by atoms with E-state index in [1.807, 2.05) is 0 Å². The number of carbonyl (C=O) groups excluding carboxylic acids is 1. The van der Waals surface area contributed by atoms with Crippen LogP contribution in [0.4, 0.5) is 0 Å². The quantitative estimate of drug-likeness (QED) is 0.473. The van der Waals surface area contributed by atoms with Gasteiger partial charge in [0.2, 0.25) is 0 Å². The summed E-state index contributed by atoms with van der Waals surface area (Å²) in [6.45, 7) is 6.96. The largest absolute Gasteiger partial charge is 0.478 e. The zero-order valence-corrected chi connectivity index (χ0v) is 15.3. The minimum absolute atomic E-state index is 0.0320. The highest BCUT2D eigenvalue weighted by Crippen LogP contribution is 2.35. The summed E-state index contributed by atoms with van der Waals surface area (Å²) in [5.74, 6) is -2.44. The van der Waals surface area contributed by atoms with E-state index in [0.717, 1.165) is 0 Å². The Hall–Kier alpha value is -1.08. The van der Waals surface area contributed by atoms with Crippen LogP contribution in [0.3, 0.4) is 0 Å². The number of rotatable bonds is 6. The molecule has 0 saturated heterocycles. The second-order valence-corrected chi connectivity index (χ2v) is 10.8. The SMILES string of the molecule is CCOC(=O)C(O[Si](C)(C)C)(C(=O)O)c1ccc(Cl)c(Cl)c1. The molecule has 0 aromatic heterocycles. The lowest BCUT2D eigenvalue weighted by Gasteiger charge is -2.34. The topological polar surface area (TPSA) is 72.8 Å². The Balaban J connectivity index is 3.57. The molecule has 5 nitrogen and oxygen atoms in total. The first kappa shape index (κ1) is 19.0. The molecule has 0 heterocycles. The normalized spacial score (nSPS) is 14.3. The molecule has 8 heteroatoms. The van der Waals surface area contributed by atoms with Gasteiger partial charge >= 0.3 is 11.9 Å². The van der Waals surface area contributed by atoms with E-state index in [0.29, 0.717) is 0 Å². The van der Waals surface area contributed by atoms with Crippen molar-refractivity contribution < 1.29 is 23.9 Å². The number of carboxylic acid groups (broad SMARTS) is 1. The van der Waals surface area contributed by atoms with E-state index >= 15 is 0 Å². The van der Waals surface area contributed by atoms with Gasteiger partial charge in [0.05, 0.1) is 16.7 Å². The number of hydrogen-bond donors (Lipinski definition) is 1. The number of halogens is 2. The first-order valence-electron chi connectivity index (χ1n) is 6.61. The van der Waals surface area contributed by atoms with Crippen LogP contribution in [0.15, 0.2) is 18.2 Å². The molecule has 1 rings (SSSR count). The van der Waals surface area contributed by atoms with Gasteiger partial charge in [0.15, 0.2) is 8.32 Å². The van der Waals surface area contributed by atoms with Crippen LogP contribution in [-0.2, 0) is 24.4 Å². The maximum Gasteiger partial charge on any atom is 0.354 e. The van der Waals surface area contributed by atoms with Crippen LogP contribution in [0.5, 0.6) is 0 Å². The lowest BCUT2D eigenvalue weighted by Crippen LogP contribution is -2.52. The van der Waals surface area contributed by atoms with Gasteiger partial charge in [-0.25, -0.2) is 9.59 Å². The molecule has 0 spiro atoms. The summed E-state index contributed by atoms with van der Waals surface area (Å²) in [6.07, 6.45) is 0. The van der Waals surface area contributed by atoms with Crippen LogP contribution in [-0.4, -0.2) is 32.0 Å². The van der Waals surface area contributed by atoms with Crippen molar-refractivity contribution >= 4 is 43.5 Å². The highest BCUT2D eigenvalue weighted by Gasteiger charge is 2.53. The molecule has 1 aromatic rings. The summed E-state index contributed by atoms with van der Waals surface area (Å²) in [6, 6.07) is 4.14. The molecule has 0 aliphatic heterocycles. The van der Waals surface area contributed by atoms with Gasteiger partial charge in [0.25, 0.3) is 5.60 Å². The number of carboxylic acids is 1. The zero-order chi connectivity index (χ0) is 17.1. The molecular formula is C14H18Cl2O5Si. The smallest absolute Gasteiger partial charge is 0.354 e. The van der Waals surface area contributed by atoms with Gasteiger partial charge in [-0.15, -0.1) is 0 Å². The highest BCUT2D eigenvalue weighted by atomic mass is 35.5. The maximum absolute atomic E-state index is 12.4. The molecule has 1 atom stereocenters. The molecule has 22 heavy (non-hydrogen) atoms. The second kappa shape index (κ2) is 7.00. The lowest BCUT2D eigenvalue weighted by molar-refractivity contribution is -0.178. The van der Waals surface area contributed by atoms with Gasteiger partial charge in [-0.3, -0.25) is 0 Å². The van der Waals surface area contributed by atoms with Crippen molar-refractivity contribution in [1.82, 2.24) is 0 Å². The summed E-state index contributed by atoms with van der Waals surface area (Å²) < 4.78 is 10.7. The molecule has 1 unspecified atom stereocenters. The van der Waals surface area contributed by atoms with Gasteiger partial charge in [0, 0.05) is 5.56 Å². The third-order valence-electron chi connectivity index (χ3n) is 2.65. The predicted octanol–water partition coefficient (Wildman–Crippen LogP) is 3.69. The van der Waals surface area contributed by atoms with Crippen molar-refractivity contribution in [2.45, 2.75) is 32.2 Å². The minimum atomic E-state index is -2.42. The van der Waals surface area contributed by atoms with Crippen molar-refractivity contribution in [2.24, 2.45) is 0 Å². The molecular weight excluding hydrogens is 347 g/mol. The van der Waals surface area contributed by atoms with E-state index in [-0.39, 0.29) is 22.2 Å². The maximum atomic E-state index is 12.4. The van der Waals surface area contributed by atoms with E-state index in [9.17, 15) is 14.7 Å². The van der Waals surface area contributed by atoms with E-state index in [1.165, 1.54) is 18.2 Å². The van der Waals surface area contributed by atoms with Crippen molar-refractivity contribution in [1.29, 1.82) is 0 Å². The number of aliphatic carboxylic acids is 1. The van der Waals surface area contributed by atoms with Gasteiger partial charge in [-0.05, 0) is 38.7 Å². The number of carbonyl (C=O) groups is 2. The van der Waals surface area contributed by atoms with Gasteiger partial charge in [-0.1, -0.05) is 29.3 Å². The Bertz CT molecular complexity index is 585. The summed E-state index contributed by atoms with van der Waals surface area (Å²) in [7, 11) is -2.42. The van der Waals surface area contributed by atoms with Crippen molar-refractivity contribution in [3.05, 3.63) is 33.8 Å². The third kappa shape index (κ3) is 4.01. The fourth-order valence-corrected chi connectivity index (χ4v) is 3.39. The number of ether oxygens (including phenoxy) is 1. The second-order valence-electron chi connectivity index (χ2n) is 5.55. The summed E-state index contributed by atoms with van der Waals surface area (Å²) in [4.78, 5) is 24.3. The van der Waals surface area contributed by atoms with Crippen LogP contribution in [0, 0.1) is 0 Å². The van der Waals surface area contributed by atoms with Gasteiger partial charge in [0.1, 0.15) is 0 Å². The average Bonchev–Trinajstić information content (AvgIpc) is 2.38. The van der Waals surface area contributed by atoms with E-state index < -0.39 is 25.9 Å². The van der Waals surface area contributed by atoms with Crippen molar-refractivity contribution in [3.63, 3.8) is 0 Å². The first-order chi connectivity index (χ1) is 10.0. The molecule has 1 N–H and O–H groups in total. The van der Waals surface area contributed by atoms with Crippen LogP contribution in [0.1, 0.15) is 12.5 Å². The zero-order valence-electron chi connectivity index (χ0n) is 12.8. The number of benzene rings is 1. The first-order valence-corrected chi connectivity index (χ1v) is 10.8. The van der Waals surface area contributed by atoms with Crippen molar-refractivity contribution in [3.8, 4) is 0 Å². The Kier molecular flexibility index (Phi) is 6.03. The highest BCUT2D eigenvalue weighted by molar-refractivity contribution is 6.70. The number of hydrogen-bond acceptors (Lipinski definition) is 4. The Labute approximate surface area is 140 Å². The Morgan fingerprint density at radius 3 is 2.23 bits per heavy atom. The van der Waals surface area contributed by atoms with E-state index in [4.69, 9.17) is 32.4 Å². The Morgan fingerprint density at radius 1 is 1.23 bits per heavy atom. The monoisotopic (exact) mass is 364 g/mol. The standard InChI is InChI=1S/C14H18Cl2O5Si/c1-5-20-13(19)14(12(17)18,21-22(2,3)4)9-6-7-10(15)11(16)8-9/h6-8H,5H2,1-4H3,(H,17,18). The van der Waals surface area contributed by atoms with Crippen LogP contribution in [0.2, 0.25) is 29.7 Å². The lowest BCUT2D eigenvalue weighted by atomic mass is 9.94. The van der Waals surface area contributed by atoms with Crippen LogP contribution in [0.25, 0.3) is 0 Å². The Morgan fingerprint density at radius 2 is 1.82 bits per heavy atom. The summed E-state index contributed by atoms with van der Waals surface area (Å²) >= 11 is 11.8. The molecule has 0 aliphatic carbocycles. The molecule has 0 bridgehead atoms. The molecule has 122 valence electrons. The van der Waals surface area contributed by atoms with Crippen LogP contribution >= 0.6 is 23.2 Å². The molecule has 0 amide bonds. The average molecular weight is 365 g/mol. The third-order valence-corrected chi connectivity index (χ3v) is 4.31. The predicted molar refractivity (Wildman–Crippen MR) is 86.8 cm³/mol. The van der Waals surface area contributed by atoms with Crippen molar-refractivity contribution in [2.75, 3.05) is 6.61 Å². The fraction of sp³-hybridized carbons (Fsp3) is 0.429. The number of esters is 1. The van der Waals surface area contributed by atoms with Crippen LogP contribution < -0.4 is 0 Å². The van der Waals surface area contributed by atoms with Gasteiger partial charge < -0.3 is 14.3 Å². The van der Waals surface area contributed by atoms with E-state index in [1.54, 1.807) is 26.6 Å².